The molecule has 0 aromatic carbocycles. The van der Waals surface area contributed by atoms with Gasteiger partial charge in [0, 0.05) is 0 Å². The van der Waals surface area contributed by atoms with Crippen LogP contribution in [0.15, 0.2) is 0 Å². The Morgan fingerprint density at radius 3 is 1.12 bits per heavy atom. The van der Waals surface area contributed by atoms with E-state index in [4.69, 9.17) is 19.2 Å². The van der Waals surface area contributed by atoms with Crippen molar-refractivity contribution in [2.45, 2.75) is 0 Å². The second-order valence-electron chi connectivity index (χ2n) is 0.447. The van der Waals surface area contributed by atoms with Gasteiger partial charge in [-0.1, -0.05) is 0 Å². The maximum atomic E-state index is 8.55. The molecule has 0 aromatic rings. The van der Waals surface area contributed by atoms with Crippen molar-refractivity contribution in [2.24, 2.45) is 0 Å². The predicted octanol–water partition coefficient (Wildman–Crippen LogP) is -6.20. The summed E-state index contributed by atoms with van der Waals surface area (Å²) in [7, 11) is -5.39. The molecule has 0 aliphatic rings. The molecule has 0 saturated carbocycles. The second-order valence-corrected chi connectivity index (χ2v) is 1.34. The van der Waals surface area contributed by atoms with Crippen LogP contribution in [0.3, 0.4) is 0 Å². The number of hydrogen-bond acceptors (Lipinski definition) is 4. The molecule has 0 atom stereocenters. The summed E-state index contributed by atoms with van der Waals surface area (Å²) in [5, 5.41) is 0. The zero-order valence-corrected chi connectivity index (χ0v) is 13.7. The molecule has 0 radical (unpaired) electrons. The smallest absolute Gasteiger partial charge is 0.822 e. The van der Waals surface area contributed by atoms with Crippen LogP contribution in [0.4, 0.5) is 0 Å². The second kappa shape index (κ2) is 10.6. The van der Waals surface area contributed by atoms with Crippen molar-refractivity contribution in [2.75, 3.05) is 0 Å². The van der Waals surface area contributed by atoms with Crippen molar-refractivity contribution in [1.29, 1.82) is 0 Å². The van der Waals surface area contributed by atoms with E-state index in [0.29, 0.717) is 0 Å². The van der Waals surface area contributed by atoms with Crippen LogP contribution in [0.1, 0.15) is 0 Å². The molecular formula is CaKO4PZn+2. The topological polar surface area (TPSA) is 86.2 Å². The van der Waals surface area contributed by atoms with E-state index >= 15 is 0 Å². The zero-order chi connectivity index (χ0) is 4.50. The van der Waals surface area contributed by atoms with E-state index in [1.165, 1.54) is 0 Å². The fourth-order valence-corrected chi connectivity index (χ4v) is 0. The van der Waals surface area contributed by atoms with Gasteiger partial charge in [-0.2, -0.15) is 7.82 Å². The van der Waals surface area contributed by atoms with E-state index in [-0.39, 0.29) is 109 Å². The molecule has 0 amide bonds. The fourth-order valence-electron chi connectivity index (χ4n) is 0. The third kappa shape index (κ3) is 54.4. The Morgan fingerprint density at radius 2 is 1.12 bits per heavy atom. The zero-order valence-electron chi connectivity index (χ0n) is 4.49. The monoisotopic (exact) mass is 238 g/mol. The summed E-state index contributed by atoms with van der Waals surface area (Å²) in [6, 6.07) is 0. The summed E-state index contributed by atoms with van der Waals surface area (Å²) in [6.07, 6.45) is 0. The molecule has 0 unspecified atom stereocenters. The molecule has 0 heterocycles. The first-order valence-electron chi connectivity index (χ1n) is 0.730. The third-order valence-corrected chi connectivity index (χ3v) is 0. The SMILES string of the molecule is O=P([O-])([O-])[O-].[Ca+2].[K+].[Zn+2]. The summed E-state index contributed by atoms with van der Waals surface area (Å²) >= 11 is 0. The van der Waals surface area contributed by atoms with Gasteiger partial charge in [-0.05, 0) is 0 Å². The number of rotatable bonds is 0. The summed E-state index contributed by atoms with van der Waals surface area (Å²) in [4.78, 5) is 25.6. The normalized spacial score (nSPS) is 7.38. The number of phosphoric acid groups is 1. The van der Waals surface area contributed by atoms with Crippen LogP contribution in [0.5, 0.6) is 0 Å². The Morgan fingerprint density at radius 1 is 1.12 bits per heavy atom. The molecule has 0 fully saturated rings. The Hall–Kier alpha value is 3.63. The molecule has 0 saturated heterocycles. The van der Waals surface area contributed by atoms with Crippen LogP contribution >= 0.6 is 7.82 Å². The quantitative estimate of drug-likeness (QED) is 0.311. The van der Waals surface area contributed by atoms with E-state index in [9.17, 15) is 0 Å². The van der Waals surface area contributed by atoms with Crippen LogP contribution in [-0.4, -0.2) is 37.7 Å². The molecule has 8 heavy (non-hydrogen) atoms. The summed E-state index contributed by atoms with van der Waals surface area (Å²) < 4.78 is 8.55. The Labute approximate surface area is 132 Å². The van der Waals surface area contributed by atoms with Gasteiger partial charge < -0.3 is 19.2 Å². The van der Waals surface area contributed by atoms with Gasteiger partial charge in [-0.15, -0.1) is 0 Å². The van der Waals surface area contributed by atoms with E-state index in [1.807, 2.05) is 0 Å². The van der Waals surface area contributed by atoms with Crippen LogP contribution in [0.25, 0.3) is 0 Å². The van der Waals surface area contributed by atoms with Gasteiger partial charge in [-0.25, -0.2) is 0 Å². The summed E-state index contributed by atoms with van der Waals surface area (Å²) in [6.45, 7) is 0. The maximum absolute atomic E-state index is 8.55. The fraction of sp³-hybridized carbons (Fsp3) is 0. The summed E-state index contributed by atoms with van der Waals surface area (Å²) in [5.41, 5.74) is 0. The van der Waals surface area contributed by atoms with E-state index in [0.717, 1.165) is 0 Å². The summed E-state index contributed by atoms with van der Waals surface area (Å²) in [5.74, 6) is 0. The Bertz CT molecular complexity index is 62.2. The number of hydrogen-bond donors (Lipinski definition) is 0. The molecule has 0 rings (SSSR count). The van der Waals surface area contributed by atoms with E-state index in [1.54, 1.807) is 0 Å². The van der Waals surface area contributed by atoms with Gasteiger partial charge >= 0.3 is 109 Å². The molecule has 0 N–H and O–H groups in total. The van der Waals surface area contributed by atoms with Gasteiger partial charge in [0.05, 0.1) is 0 Å². The van der Waals surface area contributed by atoms with E-state index < -0.39 is 7.82 Å². The van der Waals surface area contributed by atoms with Crippen LogP contribution in [0, 0.1) is 0 Å². The van der Waals surface area contributed by atoms with Gasteiger partial charge in [0.1, 0.15) is 0 Å². The van der Waals surface area contributed by atoms with Crippen molar-refractivity contribution >= 4 is 45.6 Å². The largest absolute Gasteiger partial charge is 2.00 e. The van der Waals surface area contributed by atoms with Crippen molar-refractivity contribution in [3.05, 3.63) is 0 Å². The van der Waals surface area contributed by atoms with Gasteiger partial charge in [0.15, 0.2) is 0 Å². The van der Waals surface area contributed by atoms with Crippen molar-refractivity contribution in [1.82, 2.24) is 0 Å². The standard InChI is InChI=1S/Ca.K.H3O4P.Zn/c;;1-5(2,3)4;/h;;(H3,1,2,3,4);/q+2;+1;;+2/p-3. The molecule has 4 nitrogen and oxygen atoms in total. The predicted molar refractivity (Wildman–Crippen MR) is 13.4 cm³/mol. The van der Waals surface area contributed by atoms with Gasteiger partial charge in [-0.3, -0.25) is 0 Å². The van der Waals surface area contributed by atoms with Crippen molar-refractivity contribution in [3.8, 4) is 0 Å². The first-order chi connectivity index (χ1) is 2.00. The van der Waals surface area contributed by atoms with Crippen LogP contribution < -0.4 is 66.1 Å². The molecule has 0 aliphatic heterocycles. The molecule has 0 bridgehead atoms. The van der Waals surface area contributed by atoms with E-state index in [2.05, 4.69) is 0 Å². The Kier molecular flexibility index (Phi) is 30.0. The molecular weight excluding hydrogens is 240 g/mol. The molecule has 0 spiro atoms. The first kappa shape index (κ1) is 22.6. The minimum absolute atomic E-state index is 0. The molecule has 0 aliphatic carbocycles. The van der Waals surface area contributed by atoms with Crippen molar-refractivity contribution in [3.63, 3.8) is 0 Å². The van der Waals surface area contributed by atoms with Crippen LogP contribution in [0.2, 0.25) is 0 Å². The average Bonchev–Trinajstić information content (AvgIpc) is 0.722. The molecule has 32 valence electrons. The molecule has 0 aromatic heterocycles. The maximum Gasteiger partial charge on any atom is 2.00 e. The van der Waals surface area contributed by atoms with Gasteiger partial charge in [0.2, 0.25) is 0 Å². The average molecular weight is 240 g/mol. The van der Waals surface area contributed by atoms with Gasteiger partial charge in [0.25, 0.3) is 0 Å². The van der Waals surface area contributed by atoms with Crippen LogP contribution in [-0.2, 0) is 24.0 Å². The van der Waals surface area contributed by atoms with Crippen molar-refractivity contribution < 1.29 is 90.1 Å². The Balaban J connectivity index is -0.0000000267. The minimum atomic E-state index is -5.39. The molecule has 8 heteroatoms. The first-order valence-corrected chi connectivity index (χ1v) is 2.19. The third-order valence-electron chi connectivity index (χ3n) is 0. The minimum Gasteiger partial charge on any atom is -0.822 e.